The topological polar surface area (TPSA) is 114 Å². The predicted octanol–water partition coefficient (Wildman–Crippen LogP) is 5.26. The van der Waals surface area contributed by atoms with Crippen LogP contribution in [0.1, 0.15) is 46.1 Å². The Bertz CT molecular complexity index is 2110. The quantitative estimate of drug-likeness (QED) is 0.259. The largest absolute Gasteiger partial charge is 0.388 e. The summed E-state index contributed by atoms with van der Waals surface area (Å²) < 4.78 is 19.3. The molecule has 7 rings (SSSR count). The molecule has 1 N–H and O–H groups in total. The average molecular weight is 703 g/mol. The molecule has 2 fully saturated rings. The molecule has 254 valence electrons. The molecule has 0 aliphatic carbocycles. The Labute approximate surface area is 291 Å². The van der Waals surface area contributed by atoms with Gasteiger partial charge in [-0.25, -0.2) is 9.37 Å². The molecule has 0 radical (unpaired) electrons. The van der Waals surface area contributed by atoms with Gasteiger partial charge in [0.25, 0.3) is 11.5 Å². The van der Waals surface area contributed by atoms with Crippen LogP contribution >= 0.6 is 22.9 Å². The number of amides is 2. The van der Waals surface area contributed by atoms with Crippen LogP contribution in [0.5, 0.6) is 0 Å². The van der Waals surface area contributed by atoms with Crippen molar-refractivity contribution in [2.75, 3.05) is 26.2 Å². The van der Waals surface area contributed by atoms with E-state index in [0.29, 0.717) is 54.6 Å². The van der Waals surface area contributed by atoms with Crippen LogP contribution in [-0.2, 0) is 18.4 Å². The van der Waals surface area contributed by atoms with Gasteiger partial charge in [-0.3, -0.25) is 23.9 Å². The third kappa shape index (κ3) is 6.28. The van der Waals surface area contributed by atoms with Gasteiger partial charge in [0.2, 0.25) is 5.91 Å². The van der Waals surface area contributed by atoms with Crippen molar-refractivity contribution in [2.45, 2.75) is 44.2 Å². The number of halogens is 2. The number of hydrogen-bond donors (Lipinski definition) is 1. The Kier molecular flexibility index (Phi) is 8.89. The molecule has 0 unspecified atom stereocenters. The molecule has 10 nitrogen and oxygen atoms in total. The van der Waals surface area contributed by atoms with Crippen LogP contribution in [0.25, 0.3) is 22.2 Å². The summed E-state index contributed by atoms with van der Waals surface area (Å²) in [5, 5.41) is 12.0. The van der Waals surface area contributed by atoms with E-state index in [0.717, 1.165) is 16.9 Å². The van der Waals surface area contributed by atoms with Gasteiger partial charge in [-0.05, 0) is 55.5 Å². The van der Waals surface area contributed by atoms with E-state index in [4.69, 9.17) is 11.6 Å². The van der Waals surface area contributed by atoms with Gasteiger partial charge in [-0.15, -0.1) is 11.3 Å². The number of aromatic nitrogens is 4. The number of fused-ring (bicyclic) bond motifs is 1. The van der Waals surface area contributed by atoms with Crippen molar-refractivity contribution in [1.29, 1.82) is 0 Å². The third-order valence-electron chi connectivity index (χ3n) is 9.95. The van der Waals surface area contributed by atoms with Crippen LogP contribution in [0, 0.1) is 18.7 Å². The summed E-state index contributed by atoms with van der Waals surface area (Å²) in [5.41, 5.74) is 1.59. The van der Waals surface area contributed by atoms with Gasteiger partial charge in [-0.1, -0.05) is 41.9 Å². The molecule has 1 aromatic carbocycles. The van der Waals surface area contributed by atoms with Gasteiger partial charge in [-0.2, -0.15) is 0 Å². The van der Waals surface area contributed by atoms with E-state index in [9.17, 15) is 19.5 Å². The summed E-state index contributed by atoms with van der Waals surface area (Å²) in [5.74, 6) is -1.85. The van der Waals surface area contributed by atoms with Gasteiger partial charge in [0.1, 0.15) is 21.2 Å². The fourth-order valence-corrected chi connectivity index (χ4v) is 8.54. The van der Waals surface area contributed by atoms with E-state index >= 15 is 4.39 Å². The molecule has 5 aromatic rings. The molecular weight excluding hydrogens is 667 g/mol. The maximum Gasteiger partial charge on any atom is 0.267 e. The Morgan fingerprint density at radius 3 is 2.57 bits per heavy atom. The number of aliphatic hydroxyl groups is 1. The molecule has 0 spiro atoms. The van der Waals surface area contributed by atoms with Crippen LogP contribution in [0.4, 0.5) is 4.39 Å². The van der Waals surface area contributed by atoms with E-state index in [1.807, 2.05) is 37.4 Å². The summed E-state index contributed by atoms with van der Waals surface area (Å²) in [6.45, 7) is 3.09. The number of piperidine rings is 2. The van der Waals surface area contributed by atoms with Crippen molar-refractivity contribution in [3.63, 3.8) is 0 Å². The van der Waals surface area contributed by atoms with E-state index < -0.39 is 23.2 Å². The number of carbonyl (C=O) groups excluding carboxylic acids is 2. The van der Waals surface area contributed by atoms with Gasteiger partial charge >= 0.3 is 0 Å². The second kappa shape index (κ2) is 13.1. The average Bonchev–Trinajstić information content (AvgIpc) is 3.63. The predicted molar refractivity (Wildman–Crippen MR) is 186 cm³/mol. The van der Waals surface area contributed by atoms with Crippen LogP contribution in [0.15, 0.2) is 72.0 Å². The highest BCUT2D eigenvalue weighted by Crippen LogP contribution is 2.41. The number of aryl methyl sites for hydroxylation is 2. The first kappa shape index (κ1) is 33.1. The molecule has 0 saturated carbocycles. The lowest BCUT2D eigenvalue weighted by atomic mass is 9.79. The Hall–Kier alpha value is -4.39. The molecule has 2 atom stereocenters. The number of thiophene rings is 1. The minimum absolute atomic E-state index is 0.0340. The normalized spacial score (nSPS) is 19.4. The van der Waals surface area contributed by atoms with E-state index in [-0.39, 0.29) is 51.8 Å². The van der Waals surface area contributed by atoms with Crippen molar-refractivity contribution >= 4 is 45.8 Å². The minimum atomic E-state index is -1.17. The number of pyridine rings is 1. The monoisotopic (exact) mass is 702 g/mol. The first-order valence-electron chi connectivity index (χ1n) is 16.3. The van der Waals surface area contributed by atoms with Crippen LogP contribution in [-0.4, -0.2) is 77.6 Å². The molecule has 13 heteroatoms. The highest BCUT2D eigenvalue weighted by Gasteiger charge is 2.42. The molecular formula is C36H36ClFN6O4S. The van der Waals surface area contributed by atoms with Crippen molar-refractivity contribution in [3.05, 3.63) is 104 Å². The summed E-state index contributed by atoms with van der Waals surface area (Å²) in [6.07, 6.45) is 5.85. The Morgan fingerprint density at radius 1 is 1.08 bits per heavy atom. The summed E-state index contributed by atoms with van der Waals surface area (Å²) in [7, 11) is 1.82. The first-order valence-corrected chi connectivity index (χ1v) is 17.5. The van der Waals surface area contributed by atoms with Gasteiger partial charge in [0.15, 0.2) is 5.82 Å². The zero-order chi connectivity index (χ0) is 34.4. The molecule has 2 aliphatic rings. The van der Waals surface area contributed by atoms with Crippen molar-refractivity contribution < 1.29 is 19.1 Å². The second-order valence-corrected chi connectivity index (χ2v) is 14.8. The van der Waals surface area contributed by atoms with Gasteiger partial charge < -0.3 is 19.5 Å². The van der Waals surface area contributed by atoms with E-state index in [2.05, 4.69) is 9.97 Å². The molecule has 4 aromatic heterocycles. The summed E-state index contributed by atoms with van der Waals surface area (Å²) >= 11 is 7.42. The van der Waals surface area contributed by atoms with Crippen molar-refractivity contribution in [3.8, 4) is 11.1 Å². The van der Waals surface area contributed by atoms with E-state index in [1.165, 1.54) is 10.9 Å². The molecule has 6 heterocycles. The van der Waals surface area contributed by atoms with Gasteiger partial charge in [0, 0.05) is 68.7 Å². The molecule has 2 amide bonds. The fraction of sp³-hybridized carbons (Fsp3) is 0.361. The minimum Gasteiger partial charge on any atom is -0.388 e. The zero-order valence-electron chi connectivity index (χ0n) is 27.2. The lowest BCUT2D eigenvalue weighted by molar-refractivity contribution is -0.142. The van der Waals surface area contributed by atoms with Crippen LogP contribution in [0.3, 0.4) is 0 Å². The lowest BCUT2D eigenvalue weighted by Crippen LogP contribution is -2.53. The maximum atomic E-state index is 15.8. The highest BCUT2D eigenvalue weighted by atomic mass is 35.5. The number of rotatable bonds is 6. The zero-order valence-corrected chi connectivity index (χ0v) is 28.8. The number of likely N-dealkylation sites (tertiary alicyclic amines) is 2. The van der Waals surface area contributed by atoms with Crippen LogP contribution < -0.4 is 5.56 Å². The molecule has 49 heavy (non-hydrogen) atoms. The molecule has 2 saturated heterocycles. The lowest BCUT2D eigenvalue weighted by Gasteiger charge is -2.43. The molecule has 2 aliphatic heterocycles. The Morgan fingerprint density at radius 2 is 1.84 bits per heavy atom. The van der Waals surface area contributed by atoms with E-state index in [1.54, 1.807) is 51.9 Å². The number of carbonyl (C=O) groups is 2. The fourth-order valence-electron chi connectivity index (χ4n) is 7.22. The first-order chi connectivity index (χ1) is 23.5. The van der Waals surface area contributed by atoms with Crippen molar-refractivity contribution in [2.24, 2.45) is 13.0 Å². The van der Waals surface area contributed by atoms with Gasteiger partial charge in [0.05, 0.1) is 17.5 Å². The van der Waals surface area contributed by atoms with Crippen LogP contribution in [0.2, 0.25) is 4.34 Å². The highest BCUT2D eigenvalue weighted by molar-refractivity contribution is 7.18. The smallest absolute Gasteiger partial charge is 0.267 e. The summed E-state index contributed by atoms with van der Waals surface area (Å²) in [6, 6.07) is 14.7. The summed E-state index contributed by atoms with van der Waals surface area (Å²) in [4.78, 5) is 53.0. The molecule has 0 bridgehead atoms. The second-order valence-electron chi connectivity index (χ2n) is 13.1. The standard InChI is InChI=1S/C36H36ClFN6O4S/c1-22-18-24(8-13-39-22)28-29(38)30(49-31(28)37)35(47)43-15-10-25(27(19-43)23-6-4-3-5-7-23)33(45)42-16-11-36(48,12-17-42)20-44-21-40-32-26(34(44)46)9-14-41(32)2/h3-9,13-14,18,21,25,27,48H,10-12,15-17,19-20H2,1-2H3/t25-,27+/m1/s1. The number of hydrogen-bond acceptors (Lipinski definition) is 7. The number of benzene rings is 1. The van der Waals surface area contributed by atoms with Crippen molar-refractivity contribution in [1.82, 2.24) is 28.9 Å². The SMILES string of the molecule is Cc1cc(-c2c(Cl)sc(C(=O)N3CC[C@@H](C(=O)N4CCC(O)(Cn5cnc6c(ccn6C)c5=O)CC4)[C@H](c4ccccc4)C3)c2F)ccn1. The Balaban J connectivity index is 1.07. The number of nitrogens with zero attached hydrogens (tertiary/aromatic N) is 6. The maximum absolute atomic E-state index is 15.8. The third-order valence-corrected chi connectivity index (χ3v) is 11.3.